The van der Waals surface area contributed by atoms with Crippen LogP contribution in [0.5, 0.6) is 0 Å². The molecule has 1 aromatic rings. The predicted molar refractivity (Wildman–Crippen MR) is 86.9 cm³/mol. The fourth-order valence-electron chi connectivity index (χ4n) is 1.56. The van der Waals surface area contributed by atoms with Crippen LogP contribution in [0.25, 0.3) is 0 Å². The Morgan fingerprint density at radius 3 is 2.22 bits per heavy atom. The molecular formula is C16H23N3O4. The van der Waals surface area contributed by atoms with E-state index in [1.54, 1.807) is 45.0 Å². The molecule has 0 spiro atoms. The van der Waals surface area contributed by atoms with Crippen molar-refractivity contribution in [2.75, 3.05) is 11.9 Å². The summed E-state index contributed by atoms with van der Waals surface area (Å²) in [4.78, 5) is 34.8. The Labute approximate surface area is 135 Å². The first-order valence-electron chi connectivity index (χ1n) is 7.25. The van der Waals surface area contributed by atoms with E-state index in [4.69, 9.17) is 10.5 Å². The van der Waals surface area contributed by atoms with Gasteiger partial charge < -0.3 is 21.1 Å². The molecule has 0 aromatic heterocycles. The number of ether oxygens (including phenoxy) is 1. The van der Waals surface area contributed by atoms with E-state index in [0.717, 1.165) is 0 Å². The first-order chi connectivity index (χ1) is 10.6. The van der Waals surface area contributed by atoms with Gasteiger partial charge >= 0.3 is 5.97 Å². The van der Waals surface area contributed by atoms with Crippen LogP contribution >= 0.6 is 0 Å². The number of nitrogens with one attached hydrogen (secondary N) is 2. The van der Waals surface area contributed by atoms with Crippen molar-refractivity contribution < 1.29 is 19.1 Å². The van der Waals surface area contributed by atoms with Crippen molar-refractivity contribution in [3.05, 3.63) is 29.8 Å². The van der Waals surface area contributed by atoms with Crippen LogP contribution in [0.4, 0.5) is 5.69 Å². The highest BCUT2D eigenvalue weighted by molar-refractivity contribution is 5.96. The molecule has 0 fully saturated rings. The molecule has 1 aromatic carbocycles. The molecule has 0 aliphatic rings. The van der Waals surface area contributed by atoms with Crippen LogP contribution in [0.1, 0.15) is 38.1 Å². The van der Waals surface area contributed by atoms with Gasteiger partial charge in [-0.2, -0.15) is 0 Å². The zero-order valence-electron chi connectivity index (χ0n) is 13.8. The Balaban J connectivity index is 2.55. The summed E-state index contributed by atoms with van der Waals surface area (Å²) in [5.74, 6) is -1.22. The average molecular weight is 321 g/mol. The molecule has 4 N–H and O–H groups in total. The lowest BCUT2D eigenvalue weighted by Gasteiger charge is -2.19. The van der Waals surface area contributed by atoms with Crippen molar-refractivity contribution in [2.24, 2.45) is 5.73 Å². The minimum absolute atomic E-state index is 0.172. The third-order valence-electron chi connectivity index (χ3n) is 2.64. The van der Waals surface area contributed by atoms with Gasteiger partial charge in [-0.3, -0.25) is 9.59 Å². The lowest BCUT2D eigenvalue weighted by atomic mass is 10.1. The van der Waals surface area contributed by atoms with E-state index in [0.29, 0.717) is 11.3 Å². The summed E-state index contributed by atoms with van der Waals surface area (Å²) in [5.41, 5.74) is 5.71. The van der Waals surface area contributed by atoms with Gasteiger partial charge in [0, 0.05) is 5.69 Å². The molecule has 0 aliphatic carbocycles. The normalized spacial score (nSPS) is 12.2. The predicted octanol–water partition coefficient (Wildman–Crippen LogP) is 1.04. The van der Waals surface area contributed by atoms with Crippen molar-refractivity contribution in [3.63, 3.8) is 0 Å². The van der Waals surface area contributed by atoms with Crippen LogP contribution in [-0.2, 0) is 14.3 Å². The molecule has 0 heterocycles. The maximum atomic E-state index is 11.9. The molecule has 0 radical (unpaired) electrons. The zero-order valence-corrected chi connectivity index (χ0v) is 13.8. The number of nitrogens with two attached hydrogens (primary N) is 1. The SMILES string of the molecule is CC(N)C(=O)NCC(=O)Nc1ccc(C(=O)OC(C)(C)C)cc1. The standard InChI is InChI=1S/C16H23N3O4/c1-10(17)14(21)18-9-13(20)19-12-7-5-11(6-8-12)15(22)23-16(2,3)4/h5-8,10H,9,17H2,1-4H3,(H,18,21)(H,19,20). The molecule has 0 bridgehead atoms. The Morgan fingerprint density at radius 1 is 1.17 bits per heavy atom. The minimum atomic E-state index is -0.670. The number of rotatable bonds is 5. The van der Waals surface area contributed by atoms with Gasteiger partial charge in [-0.15, -0.1) is 0 Å². The number of hydrogen-bond acceptors (Lipinski definition) is 5. The van der Waals surface area contributed by atoms with Gasteiger partial charge in [0.25, 0.3) is 0 Å². The summed E-state index contributed by atoms with van der Waals surface area (Å²) in [6.07, 6.45) is 0. The molecular weight excluding hydrogens is 298 g/mol. The minimum Gasteiger partial charge on any atom is -0.456 e. The van der Waals surface area contributed by atoms with Crippen molar-refractivity contribution in [1.29, 1.82) is 0 Å². The molecule has 1 unspecified atom stereocenters. The van der Waals surface area contributed by atoms with E-state index in [1.807, 2.05) is 0 Å². The molecule has 1 atom stereocenters. The largest absolute Gasteiger partial charge is 0.456 e. The highest BCUT2D eigenvalue weighted by Gasteiger charge is 2.17. The summed E-state index contributed by atoms with van der Waals surface area (Å²) < 4.78 is 5.25. The Bertz CT molecular complexity index is 574. The van der Waals surface area contributed by atoms with E-state index in [2.05, 4.69) is 10.6 Å². The molecule has 23 heavy (non-hydrogen) atoms. The third kappa shape index (κ3) is 6.92. The van der Waals surface area contributed by atoms with Gasteiger partial charge in [0.05, 0.1) is 18.2 Å². The number of esters is 1. The second kappa shape index (κ2) is 7.73. The molecule has 1 rings (SSSR count). The number of amides is 2. The van der Waals surface area contributed by atoms with Crippen LogP contribution in [0.2, 0.25) is 0 Å². The molecule has 7 heteroatoms. The summed E-state index contributed by atoms with van der Waals surface area (Å²) in [5, 5.41) is 5.01. The highest BCUT2D eigenvalue weighted by Crippen LogP contribution is 2.14. The van der Waals surface area contributed by atoms with Gasteiger partial charge in [0.2, 0.25) is 11.8 Å². The van der Waals surface area contributed by atoms with Crippen molar-refractivity contribution in [3.8, 4) is 0 Å². The maximum absolute atomic E-state index is 11.9. The molecule has 7 nitrogen and oxygen atoms in total. The first-order valence-corrected chi connectivity index (χ1v) is 7.25. The molecule has 0 aliphatic heterocycles. The van der Waals surface area contributed by atoms with Gasteiger partial charge in [-0.1, -0.05) is 0 Å². The number of benzene rings is 1. The number of carbonyl (C=O) groups excluding carboxylic acids is 3. The summed E-state index contributed by atoms with van der Waals surface area (Å²) >= 11 is 0. The summed E-state index contributed by atoms with van der Waals surface area (Å²) in [7, 11) is 0. The van der Waals surface area contributed by atoms with Crippen LogP contribution in [-0.4, -0.2) is 36.0 Å². The first kappa shape index (κ1) is 18.6. The van der Waals surface area contributed by atoms with Crippen molar-refractivity contribution in [1.82, 2.24) is 5.32 Å². The second-order valence-corrected chi connectivity index (χ2v) is 6.13. The Kier molecular flexibility index (Phi) is 6.27. The second-order valence-electron chi connectivity index (χ2n) is 6.13. The van der Waals surface area contributed by atoms with Crippen LogP contribution in [0, 0.1) is 0 Å². The summed E-state index contributed by atoms with van der Waals surface area (Å²) in [6, 6.07) is 5.62. The lowest BCUT2D eigenvalue weighted by Crippen LogP contribution is -2.41. The smallest absolute Gasteiger partial charge is 0.338 e. The molecule has 126 valence electrons. The monoisotopic (exact) mass is 321 g/mol. The van der Waals surface area contributed by atoms with Gasteiger partial charge in [0.15, 0.2) is 0 Å². The molecule has 0 saturated heterocycles. The topological polar surface area (TPSA) is 111 Å². The quantitative estimate of drug-likeness (QED) is 0.702. The van der Waals surface area contributed by atoms with Crippen molar-refractivity contribution >= 4 is 23.5 Å². The highest BCUT2D eigenvalue weighted by atomic mass is 16.6. The van der Waals surface area contributed by atoms with Crippen LogP contribution < -0.4 is 16.4 Å². The van der Waals surface area contributed by atoms with E-state index in [9.17, 15) is 14.4 Å². The van der Waals surface area contributed by atoms with E-state index >= 15 is 0 Å². The van der Waals surface area contributed by atoms with Crippen LogP contribution in [0.15, 0.2) is 24.3 Å². The number of hydrogen-bond donors (Lipinski definition) is 3. The molecule has 0 saturated carbocycles. The van der Waals surface area contributed by atoms with Gasteiger partial charge in [0.1, 0.15) is 5.60 Å². The van der Waals surface area contributed by atoms with Crippen LogP contribution in [0.3, 0.4) is 0 Å². The third-order valence-corrected chi connectivity index (χ3v) is 2.64. The zero-order chi connectivity index (χ0) is 17.6. The number of anilines is 1. The van der Waals surface area contributed by atoms with E-state index in [-0.39, 0.29) is 12.5 Å². The Morgan fingerprint density at radius 2 is 1.74 bits per heavy atom. The fraction of sp³-hybridized carbons (Fsp3) is 0.438. The van der Waals surface area contributed by atoms with Crippen molar-refractivity contribution in [2.45, 2.75) is 39.3 Å². The number of carbonyl (C=O) groups is 3. The maximum Gasteiger partial charge on any atom is 0.338 e. The van der Waals surface area contributed by atoms with Gasteiger partial charge in [-0.25, -0.2) is 4.79 Å². The summed E-state index contributed by atoms with van der Waals surface area (Å²) in [6.45, 7) is 6.72. The lowest BCUT2D eigenvalue weighted by molar-refractivity contribution is -0.124. The van der Waals surface area contributed by atoms with E-state index in [1.165, 1.54) is 6.92 Å². The van der Waals surface area contributed by atoms with E-state index < -0.39 is 23.5 Å². The van der Waals surface area contributed by atoms with Gasteiger partial charge in [-0.05, 0) is 52.0 Å². The average Bonchev–Trinajstić information content (AvgIpc) is 2.43. The Hall–Kier alpha value is -2.41. The molecule has 2 amide bonds. The fourth-order valence-corrected chi connectivity index (χ4v) is 1.56.